The van der Waals surface area contributed by atoms with Gasteiger partial charge in [-0.3, -0.25) is 9.59 Å². The average Bonchev–Trinajstić information content (AvgIpc) is 2.57. The number of nitrogens with zero attached hydrogens (tertiary/aromatic N) is 1. The number of aryl methyl sites for hydroxylation is 4. The molecule has 0 aliphatic carbocycles. The van der Waals surface area contributed by atoms with E-state index >= 15 is 0 Å². The van der Waals surface area contributed by atoms with Crippen molar-refractivity contribution >= 4 is 34.1 Å². The summed E-state index contributed by atoms with van der Waals surface area (Å²) >= 11 is 5.85. The molecule has 0 unspecified atom stereocenters. The predicted octanol–water partition coefficient (Wildman–Crippen LogP) is 4.61. The van der Waals surface area contributed by atoms with Crippen molar-refractivity contribution in [2.75, 3.05) is 5.32 Å². The fraction of sp³-hybridized carbons (Fsp3) is 0.238. The number of aromatic nitrogens is 1. The topological polar surface area (TPSA) is 51.1 Å². The maximum atomic E-state index is 12.5. The molecular formula is C21H21ClN2O2. The smallest absolute Gasteiger partial charge is 0.251 e. The van der Waals surface area contributed by atoms with E-state index in [0.717, 1.165) is 27.6 Å². The van der Waals surface area contributed by atoms with Gasteiger partial charge in [0.05, 0.1) is 5.52 Å². The van der Waals surface area contributed by atoms with Crippen LogP contribution in [-0.4, -0.2) is 10.5 Å². The van der Waals surface area contributed by atoms with E-state index in [4.69, 9.17) is 11.6 Å². The van der Waals surface area contributed by atoms with Gasteiger partial charge in [-0.2, -0.15) is 0 Å². The van der Waals surface area contributed by atoms with Gasteiger partial charge in [-0.05, 0) is 62.2 Å². The lowest BCUT2D eigenvalue weighted by molar-refractivity contribution is -0.116. The third-order valence-corrected chi connectivity index (χ3v) is 4.69. The summed E-state index contributed by atoms with van der Waals surface area (Å²) in [6.45, 7) is 6.32. The molecular weight excluding hydrogens is 348 g/mol. The number of fused-ring (bicyclic) bond motifs is 1. The van der Waals surface area contributed by atoms with Crippen molar-refractivity contribution in [1.82, 2.24) is 4.57 Å². The second kappa shape index (κ2) is 7.34. The number of hydrogen-bond acceptors (Lipinski definition) is 2. The van der Waals surface area contributed by atoms with Gasteiger partial charge in [-0.15, -0.1) is 0 Å². The first-order valence-electron chi connectivity index (χ1n) is 8.52. The molecule has 0 bridgehead atoms. The van der Waals surface area contributed by atoms with Crippen LogP contribution in [0, 0.1) is 20.8 Å². The summed E-state index contributed by atoms with van der Waals surface area (Å²) in [5.74, 6) is -0.141. The van der Waals surface area contributed by atoms with Gasteiger partial charge >= 0.3 is 0 Å². The molecule has 0 aliphatic rings. The Balaban J connectivity index is 1.86. The molecule has 0 spiro atoms. The maximum Gasteiger partial charge on any atom is 0.251 e. The Morgan fingerprint density at radius 1 is 1.04 bits per heavy atom. The SMILES string of the molecule is Cc1cc(C)c2c(c1)c(C)cc(=O)n2CCC(=O)Nc1ccc(Cl)cc1. The molecule has 2 aromatic carbocycles. The van der Waals surface area contributed by atoms with E-state index in [1.165, 1.54) is 0 Å². The summed E-state index contributed by atoms with van der Waals surface area (Å²) in [4.78, 5) is 24.8. The van der Waals surface area contributed by atoms with Crippen LogP contribution in [0.25, 0.3) is 10.9 Å². The molecule has 5 heteroatoms. The van der Waals surface area contributed by atoms with E-state index in [-0.39, 0.29) is 17.9 Å². The van der Waals surface area contributed by atoms with E-state index < -0.39 is 0 Å². The van der Waals surface area contributed by atoms with Crippen molar-refractivity contribution in [2.45, 2.75) is 33.7 Å². The fourth-order valence-corrected chi connectivity index (χ4v) is 3.39. The molecule has 134 valence electrons. The highest BCUT2D eigenvalue weighted by Gasteiger charge is 2.11. The minimum atomic E-state index is -0.141. The van der Waals surface area contributed by atoms with Gasteiger partial charge in [0.25, 0.3) is 5.56 Å². The number of amides is 1. The number of halogens is 1. The van der Waals surface area contributed by atoms with E-state index in [2.05, 4.69) is 17.4 Å². The van der Waals surface area contributed by atoms with E-state index in [9.17, 15) is 9.59 Å². The van der Waals surface area contributed by atoms with Crippen LogP contribution in [0.2, 0.25) is 5.02 Å². The molecule has 1 N–H and O–H groups in total. The van der Waals surface area contributed by atoms with Gasteiger partial charge < -0.3 is 9.88 Å². The monoisotopic (exact) mass is 368 g/mol. The Labute approximate surface area is 157 Å². The van der Waals surface area contributed by atoms with Crippen molar-refractivity contribution in [3.05, 3.63) is 74.5 Å². The van der Waals surface area contributed by atoms with Crippen molar-refractivity contribution in [2.24, 2.45) is 0 Å². The number of nitrogens with one attached hydrogen (secondary N) is 1. The summed E-state index contributed by atoms with van der Waals surface area (Å²) in [5.41, 5.74) is 4.66. The van der Waals surface area contributed by atoms with Gasteiger partial charge in [-0.25, -0.2) is 0 Å². The number of anilines is 1. The van der Waals surface area contributed by atoms with Crippen LogP contribution in [0.5, 0.6) is 0 Å². The Morgan fingerprint density at radius 2 is 1.73 bits per heavy atom. The molecule has 4 nitrogen and oxygen atoms in total. The Kier molecular flexibility index (Phi) is 5.14. The Bertz CT molecular complexity index is 1040. The zero-order valence-electron chi connectivity index (χ0n) is 15.1. The summed E-state index contributed by atoms with van der Waals surface area (Å²) < 4.78 is 1.69. The molecule has 0 saturated heterocycles. The largest absolute Gasteiger partial charge is 0.326 e. The first-order valence-corrected chi connectivity index (χ1v) is 8.90. The van der Waals surface area contributed by atoms with Crippen LogP contribution in [-0.2, 0) is 11.3 Å². The highest BCUT2D eigenvalue weighted by Crippen LogP contribution is 2.22. The second-order valence-corrected chi connectivity index (χ2v) is 7.04. The van der Waals surface area contributed by atoms with Crippen molar-refractivity contribution in [3.63, 3.8) is 0 Å². The van der Waals surface area contributed by atoms with Crippen LogP contribution < -0.4 is 10.9 Å². The van der Waals surface area contributed by atoms with Crippen molar-refractivity contribution in [3.8, 4) is 0 Å². The van der Waals surface area contributed by atoms with Crippen LogP contribution >= 0.6 is 11.6 Å². The number of carbonyl (C=O) groups excluding carboxylic acids is 1. The molecule has 3 aromatic rings. The first kappa shape index (κ1) is 18.2. The van der Waals surface area contributed by atoms with Gasteiger partial charge in [0.2, 0.25) is 5.91 Å². The molecule has 3 rings (SSSR count). The standard InChI is InChI=1S/C21H21ClN2O2/c1-13-10-15(3)21-18(11-13)14(2)12-20(26)24(21)9-8-19(25)23-17-6-4-16(22)5-7-17/h4-7,10-12H,8-9H2,1-3H3,(H,23,25). The fourth-order valence-electron chi connectivity index (χ4n) is 3.26. The minimum Gasteiger partial charge on any atom is -0.326 e. The Morgan fingerprint density at radius 3 is 2.42 bits per heavy atom. The molecule has 0 fully saturated rings. The number of carbonyl (C=O) groups is 1. The first-order chi connectivity index (χ1) is 12.3. The summed E-state index contributed by atoms with van der Waals surface area (Å²) in [5, 5.41) is 4.50. The summed E-state index contributed by atoms with van der Waals surface area (Å²) in [6.07, 6.45) is 0.216. The van der Waals surface area contributed by atoms with Crippen LogP contribution in [0.4, 0.5) is 5.69 Å². The quantitative estimate of drug-likeness (QED) is 0.731. The van der Waals surface area contributed by atoms with Gasteiger partial charge in [0.1, 0.15) is 0 Å². The molecule has 0 saturated carbocycles. The average molecular weight is 369 g/mol. The highest BCUT2D eigenvalue weighted by atomic mass is 35.5. The second-order valence-electron chi connectivity index (χ2n) is 6.60. The lowest BCUT2D eigenvalue weighted by Crippen LogP contribution is -2.24. The van der Waals surface area contributed by atoms with Crippen LogP contribution in [0.15, 0.2) is 47.3 Å². The molecule has 0 radical (unpaired) electrons. The summed E-state index contributed by atoms with van der Waals surface area (Å²) in [7, 11) is 0. The van der Waals surface area contributed by atoms with Crippen LogP contribution in [0.1, 0.15) is 23.1 Å². The number of hydrogen-bond donors (Lipinski definition) is 1. The van der Waals surface area contributed by atoms with E-state index in [1.807, 2.05) is 20.8 Å². The van der Waals surface area contributed by atoms with Gasteiger partial charge in [0, 0.05) is 35.1 Å². The zero-order valence-corrected chi connectivity index (χ0v) is 15.9. The maximum absolute atomic E-state index is 12.5. The highest BCUT2D eigenvalue weighted by molar-refractivity contribution is 6.30. The molecule has 1 amide bonds. The number of pyridine rings is 1. The Hall–Kier alpha value is -2.59. The van der Waals surface area contributed by atoms with Crippen molar-refractivity contribution in [1.29, 1.82) is 0 Å². The minimum absolute atomic E-state index is 0.0822. The number of benzene rings is 2. The zero-order chi connectivity index (χ0) is 18.8. The predicted molar refractivity (Wildman–Crippen MR) is 107 cm³/mol. The molecule has 26 heavy (non-hydrogen) atoms. The normalized spacial score (nSPS) is 10.9. The molecule has 1 aromatic heterocycles. The van der Waals surface area contributed by atoms with E-state index in [0.29, 0.717) is 17.3 Å². The lowest BCUT2D eigenvalue weighted by Gasteiger charge is -2.15. The summed E-state index contributed by atoms with van der Waals surface area (Å²) in [6, 6.07) is 12.7. The third-order valence-electron chi connectivity index (χ3n) is 4.44. The van der Waals surface area contributed by atoms with E-state index in [1.54, 1.807) is 34.9 Å². The third kappa shape index (κ3) is 3.81. The van der Waals surface area contributed by atoms with Crippen LogP contribution in [0.3, 0.4) is 0 Å². The number of rotatable bonds is 4. The lowest BCUT2D eigenvalue weighted by atomic mass is 10.0. The van der Waals surface area contributed by atoms with Crippen molar-refractivity contribution < 1.29 is 4.79 Å². The van der Waals surface area contributed by atoms with Gasteiger partial charge in [-0.1, -0.05) is 23.2 Å². The molecule has 0 atom stereocenters. The molecule has 0 aliphatic heterocycles. The molecule has 1 heterocycles. The van der Waals surface area contributed by atoms with Gasteiger partial charge in [0.15, 0.2) is 0 Å².